The quantitative estimate of drug-likeness (QED) is 0.622. The highest BCUT2D eigenvalue weighted by atomic mass is 15.2. The number of nitrogens with zero attached hydrogens (tertiary/aromatic N) is 2. The molecule has 0 aromatic rings. The Balaban J connectivity index is 2.01. The van der Waals surface area contributed by atoms with Crippen LogP contribution in [0.1, 0.15) is 6.92 Å². The molecule has 1 aliphatic heterocycles. The van der Waals surface area contributed by atoms with Crippen molar-refractivity contribution in [3.63, 3.8) is 0 Å². The molecule has 3 heteroatoms. The molecule has 1 heterocycles. The zero-order valence-corrected chi connectivity index (χ0v) is 7.17. The zero-order valence-electron chi connectivity index (χ0n) is 7.17. The second-order valence-corrected chi connectivity index (χ2v) is 3.36. The summed E-state index contributed by atoms with van der Waals surface area (Å²) in [5.41, 5.74) is 0. The highest BCUT2D eigenvalue weighted by Gasteiger charge is 2.22. The Hall–Kier alpha value is -0.590. The summed E-state index contributed by atoms with van der Waals surface area (Å²) in [7, 11) is 2.10. The molecule has 0 radical (unpaired) electrons. The summed E-state index contributed by atoms with van der Waals surface area (Å²) in [6, 6.07) is 2.82. The van der Waals surface area contributed by atoms with Crippen LogP contribution in [0.15, 0.2) is 0 Å². The van der Waals surface area contributed by atoms with Crippen LogP contribution in [-0.2, 0) is 0 Å². The normalized spacial score (nSPS) is 22.3. The predicted octanol–water partition coefficient (Wildman–Crippen LogP) is 0.0497. The van der Waals surface area contributed by atoms with Crippen LogP contribution in [0.4, 0.5) is 0 Å². The average molecular weight is 153 g/mol. The van der Waals surface area contributed by atoms with E-state index in [4.69, 9.17) is 5.26 Å². The van der Waals surface area contributed by atoms with Gasteiger partial charge in [0.1, 0.15) is 0 Å². The molecule has 11 heavy (non-hydrogen) atoms. The van der Waals surface area contributed by atoms with E-state index in [1.54, 1.807) is 0 Å². The largest absolute Gasteiger partial charge is 0.310 e. The first kappa shape index (κ1) is 8.51. The third-order valence-electron chi connectivity index (χ3n) is 2.00. The minimum absolute atomic E-state index is 0.140. The molecule has 0 aliphatic carbocycles. The topological polar surface area (TPSA) is 39.1 Å². The van der Waals surface area contributed by atoms with Gasteiger partial charge in [0.25, 0.3) is 0 Å². The van der Waals surface area contributed by atoms with Gasteiger partial charge >= 0.3 is 0 Å². The van der Waals surface area contributed by atoms with E-state index < -0.39 is 0 Å². The first-order valence-corrected chi connectivity index (χ1v) is 4.04. The van der Waals surface area contributed by atoms with Crippen LogP contribution in [0.2, 0.25) is 0 Å². The summed E-state index contributed by atoms with van der Waals surface area (Å²) in [4.78, 5) is 2.26. The summed E-state index contributed by atoms with van der Waals surface area (Å²) in [6.45, 7) is 5.01. The number of rotatable bonds is 3. The fraction of sp³-hybridized carbons (Fsp3) is 0.875. The van der Waals surface area contributed by atoms with Crippen LogP contribution in [0, 0.1) is 17.2 Å². The molecule has 0 amide bonds. The van der Waals surface area contributed by atoms with Crippen LogP contribution >= 0.6 is 0 Å². The maximum Gasteiger partial charge on any atom is 0.0666 e. The Bertz CT molecular complexity index is 155. The van der Waals surface area contributed by atoms with Gasteiger partial charge in [-0.05, 0) is 14.0 Å². The lowest BCUT2D eigenvalue weighted by atomic mass is 10.1. The molecular formula is C8H15N3. The number of likely N-dealkylation sites (N-methyl/N-ethyl adjacent to an activating group) is 1. The highest BCUT2D eigenvalue weighted by molar-refractivity contribution is 4.87. The minimum atomic E-state index is 0.140. The molecule has 1 saturated heterocycles. The molecule has 1 unspecified atom stereocenters. The van der Waals surface area contributed by atoms with Crippen molar-refractivity contribution in [3.8, 4) is 6.07 Å². The standard InChI is InChI=1S/C8H15N3/c1-7(3-9)4-10-8-5-11(2)6-8/h7-8,10H,4-6H2,1-2H3. The Morgan fingerprint density at radius 1 is 1.73 bits per heavy atom. The van der Waals surface area contributed by atoms with Crippen LogP contribution in [0.3, 0.4) is 0 Å². The van der Waals surface area contributed by atoms with Crippen molar-refractivity contribution in [2.75, 3.05) is 26.7 Å². The molecule has 1 atom stereocenters. The zero-order chi connectivity index (χ0) is 8.27. The smallest absolute Gasteiger partial charge is 0.0666 e. The SMILES string of the molecule is CC(C#N)CNC1CN(C)C1. The Labute approximate surface area is 68.0 Å². The van der Waals surface area contributed by atoms with Crippen LogP contribution in [0.5, 0.6) is 0 Å². The number of likely N-dealkylation sites (tertiary alicyclic amines) is 1. The van der Waals surface area contributed by atoms with E-state index in [2.05, 4.69) is 23.3 Å². The van der Waals surface area contributed by atoms with Crippen LogP contribution in [0.25, 0.3) is 0 Å². The third-order valence-corrected chi connectivity index (χ3v) is 2.00. The van der Waals surface area contributed by atoms with Crippen molar-refractivity contribution in [2.24, 2.45) is 5.92 Å². The number of hydrogen-bond donors (Lipinski definition) is 1. The van der Waals surface area contributed by atoms with Gasteiger partial charge in [-0.1, -0.05) is 0 Å². The van der Waals surface area contributed by atoms with Gasteiger partial charge in [-0.15, -0.1) is 0 Å². The fourth-order valence-corrected chi connectivity index (χ4v) is 1.22. The minimum Gasteiger partial charge on any atom is -0.310 e. The van der Waals surface area contributed by atoms with Crippen molar-refractivity contribution in [2.45, 2.75) is 13.0 Å². The van der Waals surface area contributed by atoms with Crippen LogP contribution < -0.4 is 5.32 Å². The Kier molecular flexibility index (Phi) is 2.86. The maximum atomic E-state index is 8.49. The van der Waals surface area contributed by atoms with Crippen LogP contribution in [-0.4, -0.2) is 37.6 Å². The summed E-state index contributed by atoms with van der Waals surface area (Å²) >= 11 is 0. The summed E-state index contributed by atoms with van der Waals surface area (Å²) < 4.78 is 0. The van der Waals surface area contributed by atoms with Crippen molar-refractivity contribution in [1.82, 2.24) is 10.2 Å². The Morgan fingerprint density at radius 2 is 2.36 bits per heavy atom. The van der Waals surface area contributed by atoms with Crippen molar-refractivity contribution in [1.29, 1.82) is 5.26 Å². The lowest BCUT2D eigenvalue weighted by Gasteiger charge is -2.37. The lowest BCUT2D eigenvalue weighted by Crippen LogP contribution is -2.56. The molecule has 0 aromatic heterocycles. The molecular weight excluding hydrogens is 138 g/mol. The molecule has 0 saturated carbocycles. The van der Waals surface area contributed by atoms with Gasteiger partial charge in [-0.25, -0.2) is 0 Å². The highest BCUT2D eigenvalue weighted by Crippen LogP contribution is 2.03. The summed E-state index contributed by atoms with van der Waals surface area (Å²) in [5.74, 6) is 0.140. The average Bonchev–Trinajstić information content (AvgIpc) is 1.95. The summed E-state index contributed by atoms with van der Waals surface area (Å²) in [5, 5.41) is 11.8. The third kappa shape index (κ3) is 2.49. The predicted molar refractivity (Wildman–Crippen MR) is 44.1 cm³/mol. The first-order chi connectivity index (χ1) is 5.22. The van der Waals surface area contributed by atoms with Gasteiger partial charge in [0.05, 0.1) is 12.0 Å². The van der Waals surface area contributed by atoms with Crippen molar-refractivity contribution >= 4 is 0 Å². The van der Waals surface area contributed by atoms with Gasteiger partial charge in [0.2, 0.25) is 0 Å². The Morgan fingerprint density at radius 3 is 2.82 bits per heavy atom. The van der Waals surface area contributed by atoms with Gasteiger partial charge in [0.15, 0.2) is 0 Å². The van der Waals surface area contributed by atoms with E-state index in [-0.39, 0.29) is 5.92 Å². The first-order valence-electron chi connectivity index (χ1n) is 4.04. The van der Waals surface area contributed by atoms with Crippen molar-refractivity contribution < 1.29 is 0 Å². The van der Waals surface area contributed by atoms with Gasteiger partial charge in [-0.3, -0.25) is 0 Å². The monoisotopic (exact) mass is 153 g/mol. The van der Waals surface area contributed by atoms with E-state index in [1.165, 1.54) is 0 Å². The van der Waals surface area contributed by atoms with E-state index in [0.29, 0.717) is 6.04 Å². The number of hydrogen-bond acceptors (Lipinski definition) is 3. The second-order valence-electron chi connectivity index (χ2n) is 3.36. The maximum absolute atomic E-state index is 8.49. The number of nitriles is 1. The fourth-order valence-electron chi connectivity index (χ4n) is 1.22. The molecule has 0 bridgehead atoms. The van der Waals surface area contributed by atoms with Gasteiger partial charge in [-0.2, -0.15) is 5.26 Å². The van der Waals surface area contributed by atoms with E-state index >= 15 is 0 Å². The second kappa shape index (κ2) is 3.70. The molecule has 0 aromatic carbocycles. The molecule has 1 fully saturated rings. The van der Waals surface area contributed by atoms with E-state index in [1.807, 2.05) is 6.92 Å². The van der Waals surface area contributed by atoms with Crippen molar-refractivity contribution in [3.05, 3.63) is 0 Å². The summed E-state index contributed by atoms with van der Waals surface area (Å²) in [6.07, 6.45) is 0. The molecule has 3 nitrogen and oxygen atoms in total. The molecule has 1 aliphatic rings. The molecule has 1 rings (SSSR count). The van der Waals surface area contributed by atoms with E-state index in [9.17, 15) is 0 Å². The molecule has 62 valence electrons. The lowest BCUT2D eigenvalue weighted by molar-refractivity contribution is 0.160. The number of nitrogens with one attached hydrogen (secondary N) is 1. The van der Waals surface area contributed by atoms with E-state index in [0.717, 1.165) is 19.6 Å². The van der Waals surface area contributed by atoms with Gasteiger partial charge < -0.3 is 10.2 Å². The molecule has 1 N–H and O–H groups in total. The van der Waals surface area contributed by atoms with Gasteiger partial charge in [0, 0.05) is 25.7 Å². The molecule has 0 spiro atoms.